The SMILES string of the molecule is C[n+]1ccn(C(=O)N2CCC[C@H](NC(=O)C34CC5CC(C3)C(O)C(C5)C4)C2)c1.[I-]. The topological polar surface area (TPSA) is 78.5 Å². The first-order valence-electron chi connectivity index (χ1n) is 10.7. The van der Waals surface area contributed by atoms with E-state index in [1.54, 1.807) is 17.1 Å². The number of halogens is 1. The van der Waals surface area contributed by atoms with Gasteiger partial charge in [0.2, 0.25) is 5.91 Å². The molecule has 2 amide bonds. The molecule has 3 atom stereocenters. The number of carbonyl (C=O) groups is 2. The minimum Gasteiger partial charge on any atom is -1.00 e. The number of likely N-dealkylation sites (tertiary alicyclic amines) is 1. The first-order chi connectivity index (χ1) is 13.4. The fraction of sp³-hybridized carbons (Fsp3) is 0.762. The molecule has 8 heteroatoms. The largest absolute Gasteiger partial charge is 1.00 e. The van der Waals surface area contributed by atoms with E-state index in [1.807, 2.05) is 22.7 Å². The lowest BCUT2D eigenvalue weighted by atomic mass is 9.48. The van der Waals surface area contributed by atoms with Gasteiger partial charge in [0.15, 0.2) is 0 Å². The molecule has 0 spiro atoms. The molecule has 1 aliphatic heterocycles. The molecule has 2 heterocycles. The van der Waals surface area contributed by atoms with Crippen molar-refractivity contribution in [3.8, 4) is 0 Å². The van der Waals surface area contributed by atoms with E-state index in [1.165, 1.54) is 0 Å². The Labute approximate surface area is 188 Å². The maximum absolute atomic E-state index is 13.3. The Balaban J connectivity index is 0.00000205. The number of aryl methyl sites for hydroxylation is 1. The molecule has 160 valence electrons. The summed E-state index contributed by atoms with van der Waals surface area (Å²) in [7, 11) is 1.89. The summed E-state index contributed by atoms with van der Waals surface area (Å²) in [6, 6.07) is -0.00934. The van der Waals surface area contributed by atoms with Crippen molar-refractivity contribution in [3.05, 3.63) is 18.7 Å². The third kappa shape index (κ3) is 3.71. The fourth-order valence-corrected chi connectivity index (χ4v) is 6.61. The number of nitrogens with zero attached hydrogens (tertiary/aromatic N) is 3. The molecule has 0 aromatic carbocycles. The van der Waals surface area contributed by atoms with E-state index in [4.69, 9.17) is 0 Å². The fourth-order valence-electron chi connectivity index (χ4n) is 6.61. The summed E-state index contributed by atoms with van der Waals surface area (Å²) in [6.45, 7) is 1.30. The van der Waals surface area contributed by atoms with Crippen LogP contribution in [0.1, 0.15) is 44.9 Å². The molecule has 1 saturated heterocycles. The molecule has 0 radical (unpaired) electrons. The van der Waals surface area contributed by atoms with Crippen LogP contribution in [0.4, 0.5) is 4.79 Å². The number of aliphatic hydroxyl groups excluding tert-OH is 1. The summed E-state index contributed by atoms with van der Waals surface area (Å²) in [5.74, 6) is 1.38. The van der Waals surface area contributed by atoms with Crippen molar-refractivity contribution in [2.45, 2.75) is 57.1 Å². The van der Waals surface area contributed by atoms with Crippen molar-refractivity contribution < 1.29 is 43.2 Å². The maximum atomic E-state index is 13.3. The Morgan fingerprint density at radius 1 is 1.21 bits per heavy atom. The zero-order valence-corrected chi connectivity index (χ0v) is 19.1. The number of hydrogen-bond acceptors (Lipinski definition) is 3. The van der Waals surface area contributed by atoms with Crippen molar-refractivity contribution in [3.63, 3.8) is 0 Å². The first-order valence-corrected chi connectivity index (χ1v) is 10.7. The molecule has 1 aromatic rings. The van der Waals surface area contributed by atoms with Crippen LogP contribution < -0.4 is 33.9 Å². The van der Waals surface area contributed by atoms with Gasteiger partial charge in [0.25, 0.3) is 6.33 Å². The minimum atomic E-state index is -0.282. The second-order valence-electron chi connectivity index (χ2n) is 9.77. The van der Waals surface area contributed by atoms with E-state index in [-0.39, 0.29) is 53.5 Å². The molecule has 1 aromatic heterocycles. The zero-order valence-electron chi connectivity index (χ0n) is 17.0. The van der Waals surface area contributed by atoms with Crippen molar-refractivity contribution in [2.24, 2.45) is 30.2 Å². The number of aliphatic hydroxyl groups is 1. The highest BCUT2D eigenvalue weighted by Crippen LogP contribution is 2.60. The summed E-state index contributed by atoms with van der Waals surface area (Å²) >= 11 is 0. The smallest absolute Gasteiger partial charge is 0.415 e. The highest BCUT2D eigenvalue weighted by molar-refractivity contribution is 5.83. The quantitative estimate of drug-likeness (QED) is 0.356. The summed E-state index contributed by atoms with van der Waals surface area (Å²) < 4.78 is 3.45. The Hall–Kier alpha value is -1.16. The molecule has 29 heavy (non-hydrogen) atoms. The van der Waals surface area contributed by atoms with Gasteiger partial charge in [-0.1, -0.05) is 0 Å². The van der Waals surface area contributed by atoms with Crippen LogP contribution in [0.2, 0.25) is 0 Å². The molecule has 5 aliphatic rings. The number of rotatable bonds is 2. The third-order valence-corrected chi connectivity index (χ3v) is 7.72. The van der Waals surface area contributed by atoms with Gasteiger partial charge in [0.1, 0.15) is 12.4 Å². The van der Waals surface area contributed by atoms with Gasteiger partial charge < -0.3 is 39.3 Å². The van der Waals surface area contributed by atoms with Gasteiger partial charge in [0.05, 0.1) is 18.6 Å². The highest BCUT2D eigenvalue weighted by atomic mass is 127. The number of hydrogen-bond donors (Lipinski definition) is 2. The van der Waals surface area contributed by atoms with Crippen LogP contribution in [0.15, 0.2) is 18.7 Å². The van der Waals surface area contributed by atoms with E-state index < -0.39 is 0 Å². The minimum absolute atomic E-state index is 0. The molecule has 2 unspecified atom stereocenters. The Kier molecular flexibility index (Phi) is 5.69. The predicted molar refractivity (Wildman–Crippen MR) is 101 cm³/mol. The standard InChI is InChI=1S/C21H30N4O3.HI/c1-23-5-6-25(13-23)20(28)24-4-2-3-17(12-24)22-19(27)21-9-14-7-15(10-21)18(26)16(8-14)11-21;/h5-6,13-18,26H,2-4,7-12H2,1H3;1H/t14?,15?,16?,17-,18?,21?;/m0./s1. The molecule has 4 aliphatic carbocycles. The molecule has 7 nitrogen and oxygen atoms in total. The molecule has 2 N–H and O–H groups in total. The van der Waals surface area contributed by atoms with Crippen LogP contribution in [-0.2, 0) is 11.8 Å². The lowest BCUT2D eigenvalue weighted by Gasteiger charge is -2.58. The molecule has 5 fully saturated rings. The van der Waals surface area contributed by atoms with Crippen molar-refractivity contribution in [1.29, 1.82) is 0 Å². The van der Waals surface area contributed by atoms with Crippen molar-refractivity contribution in [1.82, 2.24) is 14.8 Å². The normalized spacial score (nSPS) is 37.9. The third-order valence-electron chi connectivity index (χ3n) is 7.72. The maximum Gasteiger partial charge on any atom is 0.415 e. The average molecular weight is 514 g/mol. The Bertz CT molecular complexity index is 781. The second kappa shape index (κ2) is 7.83. The number of nitrogens with one attached hydrogen (secondary N) is 1. The van der Waals surface area contributed by atoms with E-state index in [0.717, 1.165) is 51.5 Å². The van der Waals surface area contributed by atoms with E-state index >= 15 is 0 Å². The van der Waals surface area contributed by atoms with Gasteiger partial charge in [-0.05, 0) is 62.7 Å². The number of aromatic nitrogens is 2. The van der Waals surface area contributed by atoms with Crippen LogP contribution in [-0.4, -0.2) is 51.7 Å². The van der Waals surface area contributed by atoms with Crippen LogP contribution in [0.25, 0.3) is 0 Å². The second-order valence-corrected chi connectivity index (χ2v) is 9.77. The van der Waals surface area contributed by atoms with E-state index in [2.05, 4.69) is 5.32 Å². The van der Waals surface area contributed by atoms with Gasteiger partial charge >= 0.3 is 6.03 Å². The average Bonchev–Trinajstić information content (AvgIpc) is 3.11. The van der Waals surface area contributed by atoms with Gasteiger partial charge in [-0.25, -0.2) is 9.36 Å². The van der Waals surface area contributed by atoms with Gasteiger partial charge in [-0.15, -0.1) is 0 Å². The summed E-state index contributed by atoms with van der Waals surface area (Å²) in [5, 5.41) is 13.8. The van der Waals surface area contributed by atoms with Crippen LogP contribution >= 0.6 is 0 Å². The first kappa shape index (κ1) is 21.1. The van der Waals surface area contributed by atoms with E-state index in [9.17, 15) is 14.7 Å². The summed E-state index contributed by atoms with van der Waals surface area (Å²) in [5.41, 5.74) is -0.282. The molecular formula is C21H31IN4O3. The highest BCUT2D eigenvalue weighted by Gasteiger charge is 2.58. The number of imidazole rings is 1. The molecule has 4 bridgehead atoms. The lowest BCUT2D eigenvalue weighted by molar-refractivity contribution is -0.670. The molecule has 4 saturated carbocycles. The lowest BCUT2D eigenvalue weighted by Crippen LogP contribution is -3.00. The van der Waals surface area contributed by atoms with Crippen molar-refractivity contribution >= 4 is 11.9 Å². The number of carbonyl (C=O) groups excluding carboxylic acids is 2. The van der Waals surface area contributed by atoms with Crippen molar-refractivity contribution in [2.75, 3.05) is 13.1 Å². The predicted octanol–water partition coefficient (Wildman–Crippen LogP) is -1.95. The Morgan fingerprint density at radius 3 is 2.59 bits per heavy atom. The summed E-state index contributed by atoms with van der Waals surface area (Å²) in [4.78, 5) is 27.9. The monoisotopic (exact) mass is 514 g/mol. The van der Waals surface area contributed by atoms with Crippen LogP contribution in [0.3, 0.4) is 0 Å². The summed E-state index contributed by atoms with van der Waals surface area (Å²) in [6.07, 6.45) is 11.8. The molecule has 6 rings (SSSR count). The zero-order chi connectivity index (χ0) is 19.5. The van der Waals surface area contributed by atoms with Crippen LogP contribution in [0, 0.1) is 23.2 Å². The van der Waals surface area contributed by atoms with E-state index in [0.29, 0.717) is 24.3 Å². The van der Waals surface area contributed by atoms with Gasteiger partial charge in [-0.3, -0.25) is 4.79 Å². The van der Waals surface area contributed by atoms with Gasteiger partial charge in [-0.2, -0.15) is 4.57 Å². The Morgan fingerprint density at radius 2 is 1.93 bits per heavy atom. The number of amides is 2. The molecular weight excluding hydrogens is 483 g/mol. The van der Waals surface area contributed by atoms with Crippen LogP contribution in [0.5, 0.6) is 0 Å². The van der Waals surface area contributed by atoms with Gasteiger partial charge in [0, 0.05) is 19.1 Å². The number of piperidine rings is 1.